The highest BCUT2D eigenvalue weighted by Crippen LogP contribution is 2.42. The number of hydrogen-bond donors (Lipinski definition) is 0. The molecule has 3 aromatic carbocycles. The molecule has 0 unspecified atom stereocenters. The highest BCUT2D eigenvalue weighted by molar-refractivity contribution is 9.10. The van der Waals surface area contributed by atoms with E-state index < -0.39 is 4.92 Å². The van der Waals surface area contributed by atoms with Crippen molar-refractivity contribution < 1.29 is 18.9 Å². The molecule has 0 saturated carbocycles. The number of hydrogen-bond acceptors (Lipinski definition) is 4. The normalized spacial score (nSPS) is 16.3. The van der Waals surface area contributed by atoms with Crippen LogP contribution in [-0.2, 0) is 6.42 Å². The van der Waals surface area contributed by atoms with Crippen LogP contribution in [0.1, 0.15) is 56.7 Å². The number of piperidine rings is 1. The predicted molar refractivity (Wildman–Crippen MR) is 145 cm³/mol. The third-order valence-corrected chi connectivity index (χ3v) is 8.71. The molecule has 2 saturated heterocycles. The smallest absolute Gasteiger partial charge is 0.274 e. The first-order valence-electron chi connectivity index (χ1n) is 12.6. The SMILES string of the molecule is Cc1c(Br)cc(C(=O)N2CCC23CCN(C(=O)c2ccc(Cc4ccc(F)cc4)cc2)CC3)cc1[N+](=O)[O-]. The fraction of sp³-hybridized carbons (Fsp3) is 0.310. The Morgan fingerprint density at radius 1 is 0.921 bits per heavy atom. The molecule has 9 heteroatoms. The first-order chi connectivity index (χ1) is 18.2. The zero-order chi connectivity index (χ0) is 27.0. The van der Waals surface area contributed by atoms with Crippen LogP contribution < -0.4 is 0 Å². The summed E-state index contributed by atoms with van der Waals surface area (Å²) in [5, 5.41) is 11.4. The minimum Gasteiger partial charge on any atom is -0.338 e. The molecule has 0 bridgehead atoms. The number of rotatable bonds is 5. The summed E-state index contributed by atoms with van der Waals surface area (Å²) in [5.74, 6) is -0.514. The lowest BCUT2D eigenvalue weighted by Crippen LogP contribution is -2.66. The molecular weight excluding hydrogens is 553 g/mol. The van der Waals surface area contributed by atoms with Gasteiger partial charge < -0.3 is 9.80 Å². The topological polar surface area (TPSA) is 83.8 Å². The van der Waals surface area contributed by atoms with Crippen LogP contribution in [0.15, 0.2) is 65.1 Å². The Morgan fingerprint density at radius 2 is 1.50 bits per heavy atom. The van der Waals surface area contributed by atoms with E-state index >= 15 is 0 Å². The number of amides is 2. The molecule has 2 fully saturated rings. The third kappa shape index (κ3) is 4.95. The fourth-order valence-electron chi connectivity index (χ4n) is 5.42. The van der Waals surface area contributed by atoms with Crippen molar-refractivity contribution >= 4 is 33.4 Å². The summed E-state index contributed by atoms with van der Waals surface area (Å²) in [6, 6.07) is 16.9. The third-order valence-electron chi connectivity index (χ3n) is 7.88. The summed E-state index contributed by atoms with van der Waals surface area (Å²) >= 11 is 3.35. The standard InChI is InChI=1S/C29H27BrFN3O4/c1-19-25(30)17-23(18-26(19)34(37)38)28(36)33-15-12-29(33)10-13-32(14-11-29)27(35)22-6-2-20(3-7-22)16-21-4-8-24(31)9-5-21/h2-9,17-18H,10-16H2,1H3. The van der Waals surface area contributed by atoms with Crippen LogP contribution in [0.2, 0.25) is 0 Å². The number of nitro benzene ring substituents is 1. The largest absolute Gasteiger partial charge is 0.338 e. The lowest BCUT2D eigenvalue weighted by atomic mass is 9.75. The summed E-state index contributed by atoms with van der Waals surface area (Å²) < 4.78 is 13.7. The van der Waals surface area contributed by atoms with Gasteiger partial charge in [-0.3, -0.25) is 19.7 Å². The van der Waals surface area contributed by atoms with Crippen LogP contribution in [-0.4, -0.2) is 51.7 Å². The Kier molecular flexibility index (Phi) is 7.05. The summed E-state index contributed by atoms with van der Waals surface area (Å²) in [7, 11) is 0. The second-order valence-corrected chi connectivity index (χ2v) is 10.9. The van der Waals surface area contributed by atoms with Gasteiger partial charge in [0.05, 0.1) is 4.92 Å². The Morgan fingerprint density at radius 3 is 2.05 bits per heavy atom. The van der Waals surface area contributed by atoms with E-state index in [9.17, 15) is 24.1 Å². The second-order valence-electron chi connectivity index (χ2n) is 10.1. The van der Waals surface area contributed by atoms with Gasteiger partial charge in [-0.1, -0.05) is 40.2 Å². The molecule has 1 spiro atoms. The number of carbonyl (C=O) groups is 2. The predicted octanol–water partition coefficient (Wildman–Crippen LogP) is 5.92. The first kappa shape index (κ1) is 26.0. The molecular formula is C29H27BrFN3O4. The minimum absolute atomic E-state index is 0.0385. The highest BCUT2D eigenvalue weighted by atomic mass is 79.9. The van der Waals surface area contributed by atoms with E-state index in [-0.39, 0.29) is 28.9 Å². The van der Waals surface area contributed by atoms with Crippen LogP contribution in [0.4, 0.5) is 10.1 Å². The van der Waals surface area contributed by atoms with E-state index in [1.54, 1.807) is 25.1 Å². The first-order valence-corrected chi connectivity index (χ1v) is 13.4. The molecule has 0 atom stereocenters. The van der Waals surface area contributed by atoms with Crippen LogP contribution >= 0.6 is 15.9 Å². The summed E-state index contributed by atoms with van der Waals surface area (Å²) in [6.45, 7) is 3.32. The van der Waals surface area contributed by atoms with E-state index in [2.05, 4.69) is 15.9 Å². The number of carbonyl (C=O) groups excluding carboxylic acids is 2. The van der Waals surface area contributed by atoms with E-state index in [4.69, 9.17) is 0 Å². The molecule has 196 valence electrons. The van der Waals surface area contributed by atoms with E-state index in [1.165, 1.54) is 18.2 Å². The number of benzene rings is 3. The highest BCUT2D eigenvalue weighted by Gasteiger charge is 2.49. The number of nitro groups is 1. The van der Waals surface area contributed by atoms with Crippen molar-refractivity contribution in [1.29, 1.82) is 0 Å². The quantitative estimate of drug-likeness (QED) is 0.277. The molecule has 0 N–H and O–H groups in total. The molecule has 2 amide bonds. The molecule has 0 aliphatic carbocycles. The zero-order valence-electron chi connectivity index (χ0n) is 21.0. The summed E-state index contributed by atoms with van der Waals surface area (Å²) in [5.41, 5.74) is 3.03. The average molecular weight is 580 g/mol. The van der Waals surface area contributed by atoms with Gasteiger partial charge in [0.2, 0.25) is 0 Å². The molecule has 2 aliphatic heterocycles. The van der Waals surface area contributed by atoms with E-state index in [0.717, 1.165) is 17.5 Å². The summed E-state index contributed by atoms with van der Waals surface area (Å²) in [6.07, 6.45) is 2.85. The van der Waals surface area contributed by atoms with Gasteiger partial charge in [-0.15, -0.1) is 0 Å². The number of nitrogens with zero attached hydrogens (tertiary/aromatic N) is 3. The maximum Gasteiger partial charge on any atom is 0.274 e. The van der Waals surface area contributed by atoms with Gasteiger partial charge in [0.1, 0.15) is 5.82 Å². The van der Waals surface area contributed by atoms with E-state index in [0.29, 0.717) is 60.1 Å². The van der Waals surface area contributed by atoms with Crippen molar-refractivity contribution in [2.75, 3.05) is 19.6 Å². The molecule has 5 rings (SSSR count). The van der Waals surface area contributed by atoms with Gasteiger partial charge in [0, 0.05) is 52.4 Å². The minimum atomic E-state index is -0.470. The Labute approximate surface area is 228 Å². The molecule has 7 nitrogen and oxygen atoms in total. The molecule has 2 heterocycles. The fourth-order valence-corrected chi connectivity index (χ4v) is 5.87. The Bertz CT molecular complexity index is 1400. The van der Waals surface area contributed by atoms with Crippen molar-refractivity contribution in [3.8, 4) is 0 Å². The van der Waals surface area contributed by atoms with Gasteiger partial charge in [0.25, 0.3) is 17.5 Å². The molecule has 3 aromatic rings. The average Bonchev–Trinajstić information content (AvgIpc) is 2.90. The van der Waals surface area contributed by atoms with Gasteiger partial charge in [-0.05, 0) is 74.1 Å². The van der Waals surface area contributed by atoms with Gasteiger partial charge in [-0.25, -0.2) is 4.39 Å². The molecule has 0 aromatic heterocycles. The molecule has 38 heavy (non-hydrogen) atoms. The van der Waals surface area contributed by atoms with Crippen molar-refractivity contribution in [3.05, 3.63) is 109 Å². The molecule has 2 aliphatic rings. The van der Waals surface area contributed by atoms with Crippen molar-refractivity contribution in [3.63, 3.8) is 0 Å². The second kappa shape index (κ2) is 10.3. The maximum absolute atomic E-state index is 13.3. The van der Waals surface area contributed by atoms with E-state index in [1.807, 2.05) is 34.1 Å². The summed E-state index contributed by atoms with van der Waals surface area (Å²) in [4.78, 5) is 41.1. The monoisotopic (exact) mass is 579 g/mol. The van der Waals surface area contributed by atoms with Gasteiger partial charge in [0.15, 0.2) is 0 Å². The Hall–Kier alpha value is -3.59. The Balaban J connectivity index is 1.22. The van der Waals surface area contributed by atoms with Crippen molar-refractivity contribution in [2.24, 2.45) is 0 Å². The number of halogens is 2. The zero-order valence-corrected chi connectivity index (χ0v) is 22.5. The van der Waals surface area contributed by atoms with Crippen molar-refractivity contribution in [2.45, 2.75) is 38.1 Å². The van der Waals surface area contributed by atoms with Gasteiger partial charge in [-0.2, -0.15) is 0 Å². The van der Waals surface area contributed by atoms with Gasteiger partial charge >= 0.3 is 0 Å². The number of likely N-dealkylation sites (tertiary alicyclic amines) is 2. The van der Waals surface area contributed by atoms with Crippen molar-refractivity contribution in [1.82, 2.24) is 9.80 Å². The lowest BCUT2D eigenvalue weighted by Gasteiger charge is -2.56. The molecule has 0 radical (unpaired) electrons. The maximum atomic E-state index is 13.3. The van der Waals surface area contributed by atoms with Crippen LogP contribution in [0.5, 0.6) is 0 Å². The van der Waals surface area contributed by atoms with Crippen LogP contribution in [0, 0.1) is 22.9 Å². The van der Waals surface area contributed by atoms with Crippen LogP contribution in [0.3, 0.4) is 0 Å². The van der Waals surface area contributed by atoms with Crippen LogP contribution in [0.25, 0.3) is 0 Å². The lowest BCUT2D eigenvalue weighted by molar-refractivity contribution is -0.385.